The van der Waals surface area contributed by atoms with Gasteiger partial charge in [-0.3, -0.25) is 4.79 Å². The molecule has 0 radical (unpaired) electrons. The maximum Gasteiger partial charge on any atom is 0.186 e. The molecule has 0 bridgehead atoms. The van der Waals surface area contributed by atoms with Gasteiger partial charge in [-0.05, 0) is 100 Å². The predicted molar refractivity (Wildman–Crippen MR) is 150 cm³/mol. The fourth-order valence-corrected chi connectivity index (χ4v) is 4.34. The number of hydrogen-bond acceptors (Lipinski definition) is 4. The second kappa shape index (κ2) is 12.5. The standard InChI is InChI=1S/C31H39N3O/c1-24-12-7-9-14-28(24)25-16-18-30(34(6)21-11-20-32(2)3)26(22-25)17-19-31(35)29-15-10-8-13-27(29)23-33(4)5/h7-10,12-19,22H,11,20-21,23H2,1-6H3. The van der Waals surface area contributed by atoms with E-state index in [4.69, 9.17) is 0 Å². The van der Waals surface area contributed by atoms with Crippen LogP contribution in [0.3, 0.4) is 0 Å². The van der Waals surface area contributed by atoms with Crippen molar-refractivity contribution >= 4 is 17.5 Å². The molecule has 35 heavy (non-hydrogen) atoms. The Morgan fingerprint density at radius 1 is 0.829 bits per heavy atom. The van der Waals surface area contributed by atoms with Crippen molar-refractivity contribution in [1.29, 1.82) is 0 Å². The van der Waals surface area contributed by atoms with Crippen molar-refractivity contribution in [3.63, 3.8) is 0 Å². The van der Waals surface area contributed by atoms with Crippen molar-refractivity contribution < 1.29 is 4.79 Å². The summed E-state index contributed by atoms with van der Waals surface area (Å²) in [5.74, 6) is 0.0324. The highest BCUT2D eigenvalue weighted by Crippen LogP contribution is 2.30. The quantitative estimate of drug-likeness (QED) is 0.254. The molecule has 0 aliphatic carbocycles. The molecule has 0 aliphatic rings. The van der Waals surface area contributed by atoms with Gasteiger partial charge in [0.1, 0.15) is 0 Å². The number of aryl methyl sites for hydroxylation is 1. The highest BCUT2D eigenvalue weighted by molar-refractivity contribution is 6.08. The third-order valence-electron chi connectivity index (χ3n) is 6.18. The van der Waals surface area contributed by atoms with Gasteiger partial charge in [0, 0.05) is 31.4 Å². The van der Waals surface area contributed by atoms with E-state index in [0.29, 0.717) is 0 Å². The van der Waals surface area contributed by atoms with Crippen LogP contribution in [-0.4, -0.2) is 63.9 Å². The molecule has 4 heteroatoms. The van der Waals surface area contributed by atoms with Gasteiger partial charge in [-0.15, -0.1) is 0 Å². The third-order valence-corrected chi connectivity index (χ3v) is 6.18. The molecule has 4 nitrogen and oxygen atoms in total. The second-order valence-corrected chi connectivity index (χ2v) is 9.76. The van der Waals surface area contributed by atoms with Gasteiger partial charge in [0.2, 0.25) is 0 Å². The van der Waals surface area contributed by atoms with E-state index in [-0.39, 0.29) is 5.78 Å². The Morgan fingerprint density at radius 2 is 1.54 bits per heavy atom. The fourth-order valence-electron chi connectivity index (χ4n) is 4.34. The molecule has 0 N–H and O–H groups in total. The smallest absolute Gasteiger partial charge is 0.186 e. The Kier molecular flexibility index (Phi) is 9.41. The highest BCUT2D eigenvalue weighted by atomic mass is 16.1. The minimum absolute atomic E-state index is 0.0324. The van der Waals surface area contributed by atoms with Crippen LogP contribution in [0.2, 0.25) is 0 Å². The lowest BCUT2D eigenvalue weighted by atomic mass is 9.97. The van der Waals surface area contributed by atoms with Crippen LogP contribution in [0.5, 0.6) is 0 Å². The van der Waals surface area contributed by atoms with E-state index in [0.717, 1.165) is 54.0 Å². The molecule has 3 aromatic carbocycles. The number of anilines is 1. The maximum atomic E-state index is 13.2. The van der Waals surface area contributed by atoms with E-state index >= 15 is 0 Å². The molecule has 3 rings (SSSR count). The summed E-state index contributed by atoms with van der Waals surface area (Å²) in [6.45, 7) is 4.86. The molecule has 0 saturated heterocycles. The largest absolute Gasteiger partial charge is 0.374 e. The highest BCUT2D eigenvalue weighted by Gasteiger charge is 2.12. The summed E-state index contributed by atoms with van der Waals surface area (Å²) < 4.78 is 0. The summed E-state index contributed by atoms with van der Waals surface area (Å²) in [7, 11) is 10.4. The van der Waals surface area contributed by atoms with Crippen molar-refractivity contribution in [2.75, 3.05) is 53.2 Å². The van der Waals surface area contributed by atoms with Crippen LogP contribution in [0.4, 0.5) is 5.69 Å². The summed E-state index contributed by atoms with van der Waals surface area (Å²) in [6.07, 6.45) is 4.78. The van der Waals surface area contributed by atoms with Crippen LogP contribution >= 0.6 is 0 Å². The number of nitrogens with zero attached hydrogens (tertiary/aromatic N) is 3. The molecule has 3 aromatic rings. The van der Waals surface area contributed by atoms with Gasteiger partial charge in [-0.2, -0.15) is 0 Å². The van der Waals surface area contributed by atoms with Crippen LogP contribution in [0, 0.1) is 6.92 Å². The SMILES string of the molecule is Cc1ccccc1-c1ccc(N(C)CCCN(C)C)c(C=CC(=O)c2ccccc2CN(C)C)c1. The van der Waals surface area contributed by atoms with Crippen molar-refractivity contribution in [1.82, 2.24) is 9.80 Å². The maximum absolute atomic E-state index is 13.2. The van der Waals surface area contributed by atoms with E-state index < -0.39 is 0 Å². The zero-order valence-electron chi connectivity index (χ0n) is 22.1. The number of ketones is 1. The van der Waals surface area contributed by atoms with E-state index in [9.17, 15) is 4.79 Å². The number of allylic oxidation sites excluding steroid dienone is 1. The first kappa shape index (κ1) is 26.4. The first-order valence-electron chi connectivity index (χ1n) is 12.3. The summed E-state index contributed by atoms with van der Waals surface area (Å²) in [5.41, 5.74) is 7.60. The number of carbonyl (C=O) groups is 1. The molecule has 0 saturated carbocycles. The van der Waals surface area contributed by atoms with Crippen molar-refractivity contribution in [3.8, 4) is 11.1 Å². The van der Waals surface area contributed by atoms with Gasteiger partial charge < -0.3 is 14.7 Å². The topological polar surface area (TPSA) is 26.8 Å². The Bertz CT molecular complexity index is 1160. The lowest BCUT2D eigenvalue weighted by molar-refractivity contribution is 0.104. The molecule has 184 valence electrons. The van der Waals surface area contributed by atoms with Gasteiger partial charge in [-0.25, -0.2) is 0 Å². The van der Waals surface area contributed by atoms with Crippen LogP contribution in [-0.2, 0) is 6.54 Å². The van der Waals surface area contributed by atoms with Gasteiger partial charge >= 0.3 is 0 Å². The Hall–Kier alpha value is -3.21. The summed E-state index contributed by atoms with van der Waals surface area (Å²) >= 11 is 0. The molecular weight excluding hydrogens is 430 g/mol. The molecule has 0 atom stereocenters. The lowest BCUT2D eigenvalue weighted by Crippen LogP contribution is -2.23. The third kappa shape index (κ3) is 7.38. The predicted octanol–water partition coefficient (Wildman–Crippen LogP) is 6.01. The van der Waals surface area contributed by atoms with Crippen LogP contribution in [0.15, 0.2) is 72.8 Å². The summed E-state index contributed by atoms with van der Waals surface area (Å²) in [4.78, 5) is 19.8. The Morgan fingerprint density at radius 3 is 2.26 bits per heavy atom. The molecule has 0 heterocycles. The molecule has 0 unspecified atom stereocenters. The minimum atomic E-state index is 0.0324. The van der Waals surface area contributed by atoms with E-state index in [1.807, 2.05) is 44.4 Å². The van der Waals surface area contributed by atoms with Gasteiger partial charge in [0.25, 0.3) is 0 Å². The number of rotatable bonds is 11. The minimum Gasteiger partial charge on any atom is -0.374 e. The Balaban J connectivity index is 1.96. The van der Waals surface area contributed by atoms with Crippen LogP contribution in [0.25, 0.3) is 17.2 Å². The molecule has 0 aliphatic heterocycles. The van der Waals surface area contributed by atoms with Gasteiger partial charge in [-0.1, -0.05) is 54.6 Å². The zero-order chi connectivity index (χ0) is 25.4. The van der Waals surface area contributed by atoms with Crippen molar-refractivity contribution in [3.05, 3.63) is 95.1 Å². The molecule has 0 fully saturated rings. The van der Waals surface area contributed by atoms with Gasteiger partial charge in [0.15, 0.2) is 5.78 Å². The molecule has 0 aromatic heterocycles. The molecule has 0 amide bonds. The average molecular weight is 470 g/mol. The number of carbonyl (C=O) groups excluding carboxylic acids is 1. The summed E-state index contributed by atoms with van der Waals surface area (Å²) in [5, 5.41) is 0. The fraction of sp³-hybridized carbons (Fsp3) is 0.323. The number of hydrogen-bond donors (Lipinski definition) is 0. The second-order valence-electron chi connectivity index (χ2n) is 9.76. The Labute approximate surface area is 211 Å². The van der Waals surface area contributed by atoms with Crippen LogP contribution < -0.4 is 4.90 Å². The number of benzene rings is 3. The first-order valence-corrected chi connectivity index (χ1v) is 12.3. The molecule has 0 spiro atoms. The normalized spacial score (nSPS) is 11.5. The van der Waals surface area contributed by atoms with E-state index in [1.54, 1.807) is 6.08 Å². The van der Waals surface area contributed by atoms with Crippen molar-refractivity contribution in [2.45, 2.75) is 19.9 Å². The van der Waals surface area contributed by atoms with Crippen LogP contribution in [0.1, 0.15) is 33.5 Å². The molecular formula is C31H39N3O. The average Bonchev–Trinajstić information content (AvgIpc) is 2.82. The monoisotopic (exact) mass is 469 g/mol. The summed E-state index contributed by atoms with van der Waals surface area (Å²) in [6, 6.07) is 22.9. The lowest BCUT2D eigenvalue weighted by Gasteiger charge is -2.23. The van der Waals surface area contributed by atoms with Crippen molar-refractivity contribution in [2.24, 2.45) is 0 Å². The van der Waals surface area contributed by atoms with Gasteiger partial charge in [0.05, 0.1) is 0 Å². The van der Waals surface area contributed by atoms with E-state index in [2.05, 4.69) is 85.2 Å². The van der Waals surface area contributed by atoms with E-state index in [1.165, 1.54) is 11.1 Å². The zero-order valence-corrected chi connectivity index (χ0v) is 22.1. The first-order chi connectivity index (χ1) is 16.8.